The van der Waals surface area contributed by atoms with Crippen molar-refractivity contribution in [2.45, 2.75) is 37.0 Å². The van der Waals surface area contributed by atoms with Crippen LogP contribution in [0.15, 0.2) is 18.2 Å². The van der Waals surface area contributed by atoms with E-state index in [4.69, 9.17) is 9.94 Å². The van der Waals surface area contributed by atoms with Gasteiger partial charge in [0.1, 0.15) is 11.9 Å². The molecule has 0 aromatic heterocycles. The fraction of sp³-hybridized carbons (Fsp3) is 0.474. The van der Waals surface area contributed by atoms with Crippen LogP contribution in [0.4, 0.5) is 14.9 Å². The van der Waals surface area contributed by atoms with Crippen LogP contribution in [0.25, 0.3) is 0 Å². The van der Waals surface area contributed by atoms with Crippen molar-refractivity contribution in [3.05, 3.63) is 29.6 Å². The van der Waals surface area contributed by atoms with Gasteiger partial charge in [0.2, 0.25) is 0 Å². The number of rotatable bonds is 5. The maximum absolute atomic E-state index is 14.5. The number of hydroxylamine groups is 1. The van der Waals surface area contributed by atoms with Gasteiger partial charge < -0.3 is 4.74 Å². The third kappa shape index (κ3) is 4.36. The predicted octanol–water partition coefficient (Wildman–Crippen LogP) is 1.61. The molecule has 2 fully saturated rings. The van der Waals surface area contributed by atoms with Crippen LogP contribution in [0.1, 0.15) is 31.7 Å². The number of carbonyl (C=O) groups excluding carboxylic acids is 2. The molecular weight excluding hydrogens is 403 g/mol. The molecule has 2 N–H and O–H groups in total. The molecule has 1 saturated heterocycles. The number of sulfone groups is 1. The van der Waals surface area contributed by atoms with Crippen molar-refractivity contribution in [3.8, 4) is 11.8 Å². The zero-order valence-electron chi connectivity index (χ0n) is 15.9. The molecule has 0 bridgehead atoms. The molecule has 2 aliphatic rings. The molecule has 1 aliphatic heterocycles. The Hall–Kier alpha value is -2.64. The largest absolute Gasteiger partial charge is 0.444 e. The number of hydrogen-bond acceptors (Lipinski definition) is 6. The van der Waals surface area contributed by atoms with E-state index in [-0.39, 0.29) is 12.2 Å². The topological polar surface area (TPSA) is 113 Å². The lowest BCUT2D eigenvalue weighted by molar-refractivity contribution is -0.132. The lowest BCUT2D eigenvalue weighted by atomic mass is 10.0. The number of ether oxygens (including phenoxy) is 1. The number of hydrogen-bond donors (Lipinski definition) is 2. The summed E-state index contributed by atoms with van der Waals surface area (Å²) in [6.45, 7) is 0.977. The standard InChI is InChI=1S/C19H21FN2O6S/c1-19(17(23)21-25,29(2,26)27)10-14-11-22(18(24)28-14)16-8-7-13(9-15(16)20)6-5-12-3-4-12/h7-9,12,14,25H,3-4,10-11H2,1-2H3,(H,21,23). The van der Waals surface area contributed by atoms with Crippen LogP contribution in [-0.4, -0.2) is 49.3 Å². The number of cyclic esters (lactones) is 1. The highest BCUT2D eigenvalue weighted by molar-refractivity contribution is 7.92. The Morgan fingerprint density at radius 2 is 2.14 bits per heavy atom. The Bertz CT molecular complexity index is 1010. The molecular formula is C19H21FN2O6S. The summed E-state index contributed by atoms with van der Waals surface area (Å²) in [6.07, 6.45) is 0.703. The lowest BCUT2D eigenvalue weighted by Gasteiger charge is -2.26. The summed E-state index contributed by atoms with van der Waals surface area (Å²) in [7, 11) is -3.96. The van der Waals surface area contributed by atoms with E-state index in [9.17, 15) is 22.4 Å². The lowest BCUT2D eigenvalue weighted by Crippen LogP contribution is -2.51. The van der Waals surface area contributed by atoms with Gasteiger partial charge in [0, 0.05) is 24.2 Å². The number of carbonyl (C=O) groups is 2. The van der Waals surface area contributed by atoms with Crippen molar-refractivity contribution in [1.29, 1.82) is 0 Å². The number of amides is 2. The Balaban J connectivity index is 1.78. The van der Waals surface area contributed by atoms with Crippen LogP contribution in [0, 0.1) is 23.6 Å². The molecule has 1 heterocycles. The molecule has 1 aromatic carbocycles. The number of anilines is 1. The molecule has 8 nitrogen and oxygen atoms in total. The first kappa shape index (κ1) is 21.1. The Kier molecular flexibility index (Phi) is 5.56. The van der Waals surface area contributed by atoms with E-state index in [1.807, 2.05) is 0 Å². The van der Waals surface area contributed by atoms with Crippen molar-refractivity contribution >= 4 is 27.5 Å². The van der Waals surface area contributed by atoms with Crippen molar-refractivity contribution in [1.82, 2.24) is 5.48 Å². The minimum absolute atomic E-state index is 0.0258. The van der Waals surface area contributed by atoms with Crippen LogP contribution < -0.4 is 10.4 Å². The molecule has 2 amide bonds. The normalized spacial score (nSPS) is 21.0. The average molecular weight is 424 g/mol. The summed E-state index contributed by atoms with van der Waals surface area (Å²) >= 11 is 0. The summed E-state index contributed by atoms with van der Waals surface area (Å²) in [6, 6.07) is 4.23. The third-order valence-corrected chi connectivity index (χ3v) is 7.12. The second kappa shape index (κ2) is 7.65. The van der Waals surface area contributed by atoms with Gasteiger partial charge in [0.05, 0.1) is 12.2 Å². The van der Waals surface area contributed by atoms with Crippen molar-refractivity contribution in [2.75, 3.05) is 17.7 Å². The van der Waals surface area contributed by atoms with E-state index in [0.29, 0.717) is 11.5 Å². The summed E-state index contributed by atoms with van der Waals surface area (Å²) in [4.78, 5) is 25.2. The number of nitrogens with one attached hydrogen (secondary N) is 1. The molecule has 3 rings (SSSR count). The zero-order valence-corrected chi connectivity index (χ0v) is 16.8. The maximum Gasteiger partial charge on any atom is 0.414 e. The first-order chi connectivity index (χ1) is 13.5. The molecule has 29 heavy (non-hydrogen) atoms. The summed E-state index contributed by atoms with van der Waals surface area (Å²) in [5.74, 6) is 4.48. The highest BCUT2D eigenvalue weighted by atomic mass is 32.2. The van der Waals surface area contributed by atoms with Gasteiger partial charge in [-0.25, -0.2) is 23.1 Å². The van der Waals surface area contributed by atoms with Crippen molar-refractivity contribution < 1.29 is 32.3 Å². The quantitative estimate of drug-likeness (QED) is 0.422. The first-order valence-electron chi connectivity index (χ1n) is 8.98. The van der Waals surface area contributed by atoms with Gasteiger partial charge >= 0.3 is 6.09 Å². The van der Waals surface area contributed by atoms with Crippen molar-refractivity contribution in [3.63, 3.8) is 0 Å². The Labute approximate surface area is 167 Å². The van der Waals surface area contributed by atoms with Crippen LogP contribution >= 0.6 is 0 Å². The SMILES string of the molecule is CC(CC1CN(c2ccc(C#CC3CC3)cc2F)C(=O)O1)(C(=O)NO)S(C)(=O)=O. The molecule has 156 valence electrons. The molecule has 2 atom stereocenters. The molecule has 0 spiro atoms. The Morgan fingerprint density at radius 3 is 2.69 bits per heavy atom. The minimum atomic E-state index is -3.96. The molecule has 1 aliphatic carbocycles. The van der Waals surface area contributed by atoms with E-state index in [1.54, 1.807) is 6.07 Å². The van der Waals surface area contributed by atoms with Crippen LogP contribution in [0.2, 0.25) is 0 Å². The zero-order chi connectivity index (χ0) is 21.4. The van der Waals surface area contributed by atoms with Crippen molar-refractivity contribution in [2.24, 2.45) is 5.92 Å². The van der Waals surface area contributed by atoms with E-state index in [0.717, 1.165) is 30.9 Å². The van der Waals surface area contributed by atoms with E-state index < -0.39 is 44.9 Å². The second-order valence-corrected chi connectivity index (χ2v) is 9.92. The van der Waals surface area contributed by atoms with E-state index in [1.165, 1.54) is 17.6 Å². The average Bonchev–Trinajstić information content (AvgIpc) is 3.41. The summed E-state index contributed by atoms with van der Waals surface area (Å²) in [5, 5.41) is 8.89. The number of benzene rings is 1. The van der Waals surface area contributed by atoms with Gasteiger partial charge in [-0.05, 0) is 38.0 Å². The van der Waals surface area contributed by atoms with Gasteiger partial charge in [-0.15, -0.1) is 0 Å². The Morgan fingerprint density at radius 1 is 1.45 bits per heavy atom. The van der Waals surface area contributed by atoms with Gasteiger partial charge in [0.15, 0.2) is 14.6 Å². The van der Waals surface area contributed by atoms with Gasteiger partial charge in [-0.1, -0.05) is 11.8 Å². The first-order valence-corrected chi connectivity index (χ1v) is 10.9. The summed E-state index contributed by atoms with van der Waals surface area (Å²) in [5.41, 5.74) is 1.80. The number of halogens is 1. The molecule has 0 radical (unpaired) electrons. The maximum atomic E-state index is 14.5. The van der Waals surface area contributed by atoms with E-state index in [2.05, 4.69) is 11.8 Å². The molecule has 10 heteroatoms. The monoisotopic (exact) mass is 424 g/mol. The third-order valence-electron chi connectivity index (χ3n) is 5.13. The molecule has 1 aromatic rings. The fourth-order valence-corrected chi connectivity index (χ4v) is 3.88. The van der Waals surface area contributed by atoms with E-state index >= 15 is 0 Å². The van der Waals surface area contributed by atoms with Crippen LogP contribution in [-0.2, 0) is 19.4 Å². The summed E-state index contributed by atoms with van der Waals surface area (Å²) < 4.78 is 41.8. The number of nitrogens with zero attached hydrogens (tertiary/aromatic N) is 1. The predicted molar refractivity (Wildman–Crippen MR) is 101 cm³/mol. The molecule has 1 saturated carbocycles. The second-order valence-electron chi connectivity index (χ2n) is 7.47. The highest BCUT2D eigenvalue weighted by Crippen LogP contribution is 2.31. The highest BCUT2D eigenvalue weighted by Gasteiger charge is 2.48. The van der Waals surface area contributed by atoms with Gasteiger partial charge in [-0.3, -0.25) is 14.9 Å². The minimum Gasteiger partial charge on any atom is -0.444 e. The van der Waals surface area contributed by atoms with Gasteiger partial charge in [-0.2, -0.15) is 0 Å². The fourth-order valence-electron chi connectivity index (χ4n) is 3.01. The van der Waals surface area contributed by atoms with Crippen LogP contribution in [0.3, 0.4) is 0 Å². The van der Waals surface area contributed by atoms with Crippen LogP contribution in [0.5, 0.6) is 0 Å². The van der Waals surface area contributed by atoms with Gasteiger partial charge in [0.25, 0.3) is 5.91 Å². The smallest absolute Gasteiger partial charge is 0.414 e. The molecule has 2 unspecified atom stereocenters.